The standard InChI is InChI=1S/C12H11NO3/c1-9-5-12(16-13-9)8-15-11-4-2-3-10(6-11)7-14/h2-7H,8H2,1H3. The number of hydrogen-bond acceptors (Lipinski definition) is 4. The average molecular weight is 217 g/mol. The van der Waals surface area contributed by atoms with Gasteiger partial charge in [-0.15, -0.1) is 0 Å². The van der Waals surface area contributed by atoms with Gasteiger partial charge in [0.25, 0.3) is 0 Å². The van der Waals surface area contributed by atoms with Crippen molar-refractivity contribution in [1.82, 2.24) is 5.16 Å². The first-order valence-electron chi connectivity index (χ1n) is 4.88. The minimum atomic E-state index is 0.309. The lowest BCUT2D eigenvalue weighted by Gasteiger charge is -2.03. The first kappa shape index (κ1) is 10.4. The molecule has 16 heavy (non-hydrogen) atoms. The van der Waals surface area contributed by atoms with E-state index in [0.717, 1.165) is 12.0 Å². The maximum absolute atomic E-state index is 10.6. The van der Waals surface area contributed by atoms with Crippen LogP contribution in [-0.2, 0) is 6.61 Å². The van der Waals surface area contributed by atoms with Crippen LogP contribution >= 0.6 is 0 Å². The van der Waals surface area contributed by atoms with Crippen LogP contribution < -0.4 is 4.74 Å². The molecular formula is C12H11NO3. The maximum Gasteiger partial charge on any atom is 0.174 e. The third-order valence-corrected chi connectivity index (χ3v) is 2.05. The van der Waals surface area contributed by atoms with Crippen LogP contribution in [0.3, 0.4) is 0 Å². The van der Waals surface area contributed by atoms with E-state index in [1.807, 2.05) is 13.0 Å². The Morgan fingerprint density at radius 3 is 3.00 bits per heavy atom. The zero-order valence-electron chi connectivity index (χ0n) is 8.84. The Morgan fingerprint density at radius 1 is 1.44 bits per heavy atom. The second kappa shape index (κ2) is 4.61. The van der Waals surface area contributed by atoms with E-state index in [4.69, 9.17) is 9.26 Å². The molecule has 0 saturated heterocycles. The molecule has 2 aromatic rings. The summed E-state index contributed by atoms with van der Waals surface area (Å²) in [6.07, 6.45) is 0.783. The van der Waals surface area contributed by atoms with Crippen molar-refractivity contribution in [3.63, 3.8) is 0 Å². The number of aldehydes is 1. The molecule has 0 atom stereocenters. The van der Waals surface area contributed by atoms with Gasteiger partial charge in [-0.3, -0.25) is 4.79 Å². The molecule has 82 valence electrons. The number of hydrogen-bond donors (Lipinski definition) is 0. The molecule has 4 heteroatoms. The van der Waals surface area contributed by atoms with Gasteiger partial charge in [-0.1, -0.05) is 17.3 Å². The predicted molar refractivity (Wildman–Crippen MR) is 57.4 cm³/mol. The Kier molecular flexibility index (Phi) is 3.00. The number of ether oxygens (including phenoxy) is 1. The summed E-state index contributed by atoms with van der Waals surface area (Å²) in [5.41, 5.74) is 1.41. The highest BCUT2D eigenvalue weighted by Crippen LogP contribution is 2.14. The number of aryl methyl sites for hydroxylation is 1. The van der Waals surface area contributed by atoms with Crippen LogP contribution in [0, 0.1) is 6.92 Å². The van der Waals surface area contributed by atoms with Crippen molar-refractivity contribution in [2.24, 2.45) is 0 Å². The second-order valence-corrected chi connectivity index (χ2v) is 3.41. The fourth-order valence-corrected chi connectivity index (χ4v) is 1.32. The number of aromatic nitrogens is 1. The van der Waals surface area contributed by atoms with Crippen LogP contribution in [0.15, 0.2) is 34.9 Å². The maximum atomic E-state index is 10.6. The van der Waals surface area contributed by atoms with Crippen LogP contribution in [0.4, 0.5) is 0 Å². The summed E-state index contributed by atoms with van der Waals surface area (Å²) < 4.78 is 10.5. The molecule has 0 spiro atoms. The molecule has 0 bridgehead atoms. The first-order chi connectivity index (χ1) is 7.78. The Morgan fingerprint density at radius 2 is 2.31 bits per heavy atom. The van der Waals surface area contributed by atoms with E-state index in [9.17, 15) is 4.79 Å². The van der Waals surface area contributed by atoms with Gasteiger partial charge in [-0.2, -0.15) is 0 Å². The highest BCUT2D eigenvalue weighted by molar-refractivity contribution is 5.75. The van der Waals surface area contributed by atoms with Gasteiger partial charge in [0.2, 0.25) is 0 Å². The minimum Gasteiger partial charge on any atom is -0.486 e. The molecule has 1 heterocycles. The molecule has 0 radical (unpaired) electrons. The van der Waals surface area contributed by atoms with Crippen LogP contribution in [0.2, 0.25) is 0 Å². The fourth-order valence-electron chi connectivity index (χ4n) is 1.32. The molecular weight excluding hydrogens is 206 g/mol. The number of carbonyl (C=O) groups is 1. The van der Waals surface area contributed by atoms with Gasteiger partial charge in [0.1, 0.15) is 18.6 Å². The molecule has 2 rings (SSSR count). The molecule has 0 amide bonds. The highest BCUT2D eigenvalue weighted by Gasteiger charge is 2.02. The summed E-state index contributed by atoms with van der Waals surface area (Å²) in [6, 6.07) is 8.76. The molecule has 0 aliphatic heterocycles. The Balaban J connectivity index is 2.01. The number of nitrogens with zero attached hydrogens (tertiary/aromatic N) is 1. The monoisotopic (exact) mass is 217 g/mol. The summed E-state index contributed by atoms with van der Waals surface area (Å²) in [5.74, 6) is 1.30. The van der Waals surface area contributed by atoms with Crippen LogP contribution in [0.25, 0.3) is 0 Å². The minimum absolute atomic E-state index is 0.309. The zero-order valence-corrected chi connectivity index (χ0v) is 8.84. The van der Waals surface area contributed by atoms with Crippen molar-refractivity contribution in [2.45, 2.75) is 13.5 Å². The Labute approximate surface area is 92.8 Å². The van der Waals surface area contributed by atoms with Gasteiger partial charge in [-0.25, -0.2) is 0 Å². The molecule has 0 aliphatic rings. The molecule has 0 aliphatic carbocycles. The van der Waals surface area contributed by atoms with E-state index < -0.39 is 0 Å². The fraction of sp³-hybridized carbons (Fsp3) is 0.167. The Hall–Kier alpha value is -2.10. The average Bonchev–Trinajstić information content (AvgIpc) is 2.73. The number of benzene rings is 1. The topological polar surface area (TPSA) is 52.3 Å². The Bertz CT molecular complexity index is 491. The highest BCUT2D eigenvalue weighted by atomic mass is 16.5. The lowest BCUT2D eigenvalue weighted by atomic mass is 10.2. The summed E-state index contributed by atoms with van der Waals surface area (Å²) in [7, 11) is 0. The molecule has 0 fully saturated rings. The lowest BCUT2D eigenvalue weighted by Crippen LogP contribution is -1.94. The van der Waals surface area contributed by atoms with Crippen molar-refractivity contribution < 1.29 is 14.1 Å². The summed E-state index contributed by atoms with van der Waals surface area (Å²) in [5, 5.41) is 3.75. The van der Waals surface area contributed by atoms with Gasteiger partial charge < -0.3 is 9.26 Å². The predicted octanol–water partition coefficient (Wildman–Crippen LogP) is 2.37. The van der Waals surface area contributed by atoms with Crippen molar-refractivity contribution in [3.8, 4) is 5.75 Å². The van der Waals surface area contributed by atoms with E-state index in [-0.39, 0.29) is 0 Å². The van der Waals surface area contributed by atoms with Crippen molar-refractivity contribution >= 4 is 6.29 Å². The van der Waals surface area contributed by atoms with Crippen LogP contribution in [0.1, 0.15) is 21.8 Å². The molecule has 1 aromatic carbocycles. The van der Waals surface area contributed by atoms with E-state index in [1.54, 1.807) is 24.3 Å². The lowest BCUT2D eigenvalue weighted by molar-refractivity contribution is 0.112. The summed E-state index contributed by atoms with van der Waals surface area (Å²) in [6.45, 7) is 2.16. The van der Waals surface area contributed by atoms with Gasteiger partial charge >= 0.3 is 0 Å². The van der Waals surface area contributed by atoms with E-state index >= 15 is 0 Å². The van der Waals surface area contributed by atoms with Gasteiger partial charge in [0, 0.05) is 11.6 Å². The van der Waals surface area contributed by atoms with Gasteiger partial charge in [-0.05, 0) is 19.1 Å². The third-order valence-electron chi connectivity index (χ3n) is 2.05. The second-order valence-electron chi connectivity index (χ2n) is 3.41. The summed E-state index contributed by atoms with van der Waals surface area (Å²) in [4.78, 5) is 10.6. The largest absolute Gasteiger partial charge is 0.486 e. The molecule has 1 aromatic heterocycles. The number of carbonyl (C=O) groups excluding carboxylic acids is 1. The van der Waals surface area contributed by atoms with Crippen LogP contribution in [-0.4, -0.2) is 11.4 Å². The molecule has 0 unspecified atom stereocenters. The van der Waals surface area contributed by atoms with E-state index in [0.29, 0.717) is 23.7 Å². The third kappa shape index (κ3) is 2.48. The van der Waals surface area contributed by atoms with Crippen molar-refractivity contribution in [1.29, 1.82) is 0 Å². The molecule has 4 nitrogen and oxygen atoms in total. The smallest absolute Gasteiger partial charge is 0.174 e. The quantitative estimate of drug-likeness (QED) is 0.738. The van der Waals surface area contributed by atoms with Gasteiger partial charge in [0.05, 0.1) is 5.69 Å². The first-order valence-corrected chi connectivity index (χ1v) is 4.88. The van der Waals surface area contributed by atoms with E-state index in [2.05, 4.69) is 5.16 Å². The number of rotatable bonds is 4. The normalized spacial score (nSPS) is 10.1. The molecule has 0 saturated carbocycles. The van der Waals surface area contributed by atoms with Crippen LogP contribution in [0.5, 0.6) is 5.75 Å². The molecule has 0 N–H and O–H groups in total. The summed E-state index contributed by atoms with van der Waals surface area (Å²) >= 11 is 0. The zero-order chi connectivity index (χ0) is 11.4. The van der Waals surface area contributed by atoms with Crippen molar-refractivity contribution in [3.05, 3.63) is 47.3 Å². The van der Waals surface area contributed by atoms with E-state index in [1.165, 1.54) is 0 Å². The van der Waals surface area contributed by atoms with Crippen molar-refractivity contribution in [2.75, 3.05) is 0 Å². The van der Waals surface area contributed by atoms with Gasteiger partial charge in [0.15, 0.2) is 5.76 Å². The SMILES string of the molecule is Cc1cc(COc2cccc(C=O)c2)on1.